The lowest BCUT2D eigenvalue weighted by molar-refractivity contribution is -0.131. The molecule has 3 N–H and O–H groups in total. The second kappa shape index (κ2) is 10.9. The molecular weight excluding hydrogens is 427 g/mol. The van der Waals surface area contributed by atoms with E-state index >= 15 is 0 Å². The molecule has 1 aliphatic carbocycles. The molecule has 1 aromatic heterocycles. The Hall–Kier alpha value is -2.78. The first-order chi connectivity index (χ1) is 16.0. The third-order valence-electron chi connectivity index (χ3n) is 6.44. The number of carbonyl (C=O) groups excluding carboxylic acids is 2. The summed E-state index contributed by atoms with van der Waals surface area (Å²) in [5, 5.41) is 19.5. The molecule has 4 rings (SSSR count). The van der Waals surface area contributed by atoms with Crippen molar-refractivity contribution in [3.8, 4) is 11.3 Å². The molecule has 2 atom stereocenters. The van der Waals surface area contributed by atoms with Gasteiger partial charge in [-0.2, -0.15) is 0 Å². The number of carbonyl (C=O) groups is 2. The van der Waals surface area contributed by atoms with Crippen molar-refractivity contribution in [1.82, 2.24) is 20.7 Å². The highest BCUT2D eigenvalue weighted by Crippen LogP contribution is 2.22. The van der Waals surface area contributed by atoms with E-state index in [2.05, 4.69) is 20.7 Å². The minimum Gasteiger partial charge on any atom is -0.391 e. The minimum absolute atomic E-state index is 0.0272. The molecular formula is C24H31FN4O4. The monoisotopic (exact) mass is 458 g/mol. The second-order valence-electron chi connectivity index (χ2n) is 8.97. The van der Waals surface area contributed by atoms with Crippen molar-refractivity contribution in [1.29, 1.82) is 0 Å². The van der Waals surface area contributed by atoms with Crippen molar-refractivity contribution in [2.24, 2.45) is 5.92 Å². The largest absolute Gasteiger partial charge is 0.391 e. The summed E-state index contributed by atoms with van der Waals surface area (Å²) in [4.78, 5) is 26.7. The molecule has 0 spiro atoms. The molecule has 0 radical (unpaired) electrons. The molecule has 1 saturated carbocycles. The molecule has 1 aliphatic heterocycles. The van der Waals surface area contributed by atoms with E-state index < -0.39 is 6.10 Å². The Balaban J connectivity index is 1.06. The van der Waals surface area contributed by atoms with Crippen LogP contribution in [0.1, 0.15) is 49.0 Å². The molecule has 2 amide bonds. The van der Waals surface area contributed by atoms with Crippen LogP contribution in [0.4, 0.5) is 4.39 Å². The molecule has 0 bridgehead atoms. The zero-order chi connectivity index (χ0) is 23.2. The number of aliphatic hydroxyl groups excluding tert-OH is 1. The average Bonchev–Trinajstić information content (AvgIpc) is 3.42. The van der Waals surface area contributed by atoms with Gasteiger partial charge >= 0.3 is 0 Å². The van der Waals surface area contributed by atoms with Gasteiger partial charge in [-0.3, -0.25) is 9.59 Å². The number of rotatable bonds is 10. The lowest BCUT2D eigenvalue weighted by atomic mass is 9.98. The smallest absolute Gasteiger partial charge is 0.273 e. The summed E-state index contributed by atoms with van der Waals surface area (Å²) in [6, 6.07) is 7.28. The van der Waals surface area contributed by atoms with E-state index in [0.717, 1.165) is 58.2 Å². The molecule has 2 heterocycles. The fraction of sp³-hybridized carbons (Fsp3) is 0.542. The maximum absolute atomic E-state index is 13.0. The highest BCUT2D eigenvalue weighted by atomic mass is 19.1. The standard InChI is InChI=1S/C24H31FN4O4/c25-18-9-7-16(8-10-18)22-13-20(28-33-22)24(32)26-11-2-1-3-12-29-14-17(15-29)23(31)27-19-5-4-6-21(19)30/h7-10,13,17,19,21,30H,1-6,11-12,14-15H2,(H,26,32)(H,27,31)/t19-,21+/m0/s1. The predicted molar refractivity (Wildman–Crippen MR) is 120 cm³/mol. The van der Waals surface area contributed by atoms with Gasteiger partial charge in [-0.1, -0.05) is 11.6 Å². The number of likely N-dealkylation sites (tertiary alicyclic amines) is 1. The van der Waals surface area contributed by atoms with E-state index in [1.165, 1.54) is 12.1 Å². The van der Waals surface area contributed by atoms with Gasteiger partial charge in [0, 0.05) is 31.3 Å². The summed E-state index contributed by atoms with van der Waals surface area (Å²) in [6.07, 6.45) is 5.05. The fourth-order valence-corrected chi connectivity index (χ4v) is 4.39. The molecule has 0 unspecified atom stereocenters. The van der Waals surface area contributed by atoms with E-state index in [4.69, 9.17) is 4.52 Å². The van der Waals surface area contributed by atoms with Crippen molar-refractivity contribution in [3.05, 3.63) is 41.8 Å². The van der Waals surface area contributed by atoms with Crippen molar-refractivity contribution in [2.45, 2.75) is 50.7 Å². The molecule has 8 nitrogen and oxygen atoms in total. The van der Waals surface area contributed by atoms with Gasteiger partial charge in [0.2, 0.25) is 5.91 Å². The summed E-state index contributed by atoms with van der Waals surface area (Å²) in [6.45, 7) is 3.03. The lowest BCUT2D eigenvalue weighted by Crippen LogP contribution is -2.55. The first-order valence-corrected chi connectivity index (χ1v) is 11.7. The van der Waals surface area contributed by atoms with E-state index in [1.807, 2.05) is 0 Å². The van der Waals surface area contributed by atoms with Crippen LogP contribution in [0.3, 0.4) is 0 Å². The Morgan fingerprint density at radius 2 is 1.94 bits per heavy atom. The number of benzene rings is 1. The summed E-state index contributed by atoms with van der Waals surface area (Å²) in [5.41, 5.74) is 0.856. The van der Waals surface area contributed by atoms with Crippen molar-refractivity contribution < 1.29 is 23.6 Å². The Bertz CT molecular complexity index is 942. The number of nitrogens with zero attached hydrogens (tertiary/aromatic N) is 2. The summed E-state index contributed by atoms with van der Waals surface area (Å²) >= 11 is 0. The Morgan fingerprint density at radius 1 is 1.15 bits per heavy atom. The average molecular weight is 459 g/mol. The first kappa shape index (κ1) is 23.4. The number of hydrogen-bond donors (Lipinski definition) is 3. The van der Waals surface area contributed by atoms with Crippen LogP contribution in [-0.4, -0.2) is 65.3 Å². The number of hydrogen-bond acceptors (Lipinski definition) is 6. The number of unbranched alkanes of at least 4 members (excludes halogenated alkanes) is 2. The van der Waals surface area contributed by atoms with Crippen molar-refractivity contribution in [2.75, 3.05) is 26.2 Å². The van der Waals surface area contributed by atoms with Crippen LogP contribution >= 0.6 is 0 Å². The van der Waals surface area contributed by atoms with Gasteiger partial charge in [-0.25, -0.2) is 4.39 Å². The van der Waals surface area contributed by atoms with Crippen LogP contribution in [0.25, 0.3) is 11.3 Å². The topological polar surface area (TPSA) is 108 Å². The van der Waals surface area contributed by atoms with Gasteiger partial charge in [0.15, 0.2) is 11.5 Å². The van der Waals surface area contributed by atoms with Crippen LogP contribution in [0, 0.1) is 11.7 Å². The number of aromatic nitrogens is 1. The minimum atomic E-state index is -0.397. The third-order valence-corrected chi connectivity index (χ3v) is 6.44. The van der Waals surface area contributed by atoms with Gasteiger partial charge in [0.1, 0.15) is 5.82 Å². The first-order valence-electron chi connectivity index (χ1n) is 11.7. The SMILES string of the molecule is O=C(NCCCCCN1CC(C(=O)N[C@H]2CCC[C@H]2O)C1)c1cc(-c2ccc(F)cc2)on1. The highest BCUT2D eigenvalue weighted by Gasteiger charge is 2.35. The Labute approximate surface area is 192 Å². The van der Waals surface area contributed by atoms with E-state index in [9.17, 15) is 19.1 Å². The summed E-state index contributed by atoms with van der Waals surface area (Å²) in [7, 11) is 0. The number of nitrogens with one attached hydrogen (secondary N) is 2. The lowest BCUT2D eigenvalue weighted by Gasteiger charge is -2.38. The summed E-state index contributed by atoms with van der Waals surface area (Å²) < 4.78 is 18.2. The van der Waals surface area contributed by atoms with Gasteiger partial charge in [0.05, 0.1) is 18.1 Å². The fourth-order valence-electron chi connectivity index (χ4n) is 4.39. The predicted octanol–water partition coefficient (Wildman–Crippen LogP) is 2.34. The molecule has 2 aliphatic rings. The maximum atomic E-state index is 13.0. The Kier molecular flexibility index (Phi) is 7.72. The normalized spacial score (nSPS) is 21.0. The summed E-state index contributed by atoms with van der Waals surface area (Å²) in [5.74, 6) is -0.123. The van der Waals surface area contributed by atoms with Crippen molar-refractivity contribution in [3.63, 3.8) is 0 Å². The van der Waals surface area contributed by atoms with Gasteiger partial charge < -0.3 is 25.2 Å². The number of aliphatic hydroxyl groups is 1. The molecule has 2 fully saturated rings. The quantitative estimate of drug-likeness (QED) is 0.472. The van der Waals surface area contributed by atoms with Crippen LogP contribution in [-0.2, 0) is 4.79 Å². The van der Waals surface area contributed by atoms with Crippen LogP contribution < -0.4 is 10.6 Å². The second-order valence-corrected chi connectivity index (χ2v) is 8.97. The Morgan fingerprint density at radius 3 is 2.67 bits per heavy atom. The molecule has 9 heteroatoms. The van der Waals surface area contributed by atoms with Crippen LogP contribution in [0.2, 0.25) is 0 Å². The van der Waals surface area contributed by atoms with Gasteiger partial charge in [-0.15, -0.1) is 0 Å². The molecule has 178 valence electrons. The molecule has 2 aromatic rings. The van der Waals surface area contributed by atoms with E-state index in [0.29, 0.717) is 17.9 Å². The highest BCUT2D eigenvalue weighted by molar-refractivity contribution is 5.93. The van der Waals surface area contributed by atoms with Crippen LogP contribution in [0.5, 0.6) is 0 Å². The number of amides is 2. The zero-order valence-electron chi connectivity index (χ0n) is 18.6. The zero-order valence-corrected chi connectivity index (χ0v) is 18.6. The molecule has 1 aromatic carbocycles. The molecule has 1 saturated heterocycles. The number of halogens is 1. The van der Waals surface area contributed by atoms with E-state index in [1.54, 1.807) is 18.2 Å². The van der Waals surface area contributed by atoms with Gasteiger partial charge in [0.25, 0.3) is 5.91 Å². The van der Waals surface area contributed by atoms with Gasteiger partial charge in [-0.05, 0) is 62.9 Å². The van der Waals surface area contributed by atoms with Crippen LogP contribution in [0.15, 0.2) is 34.9 Å². The van der Waals surface area contributed by atoms with E-state index in [-0.39, 0.29) is 35.3 Å². The maximum Gasteiger partial charge on any atom is 0.273 e. The van der Waals surface area contributed by atoms with Crippen molar-refractivity contribution >= 4 is 11.8 Å². The third kappa shape index (κ3) is 6.17. The molecule has 33 heavy (non-hydrogen) atoms.